The molecule has 0 unspecified atom stereocenters. The Bertz CT molecular complexity index is 649. The van der Waals surface area contributed by atoms with Crippen LogP contribution in [0.2, 0.25) is 0 Å². The second-order valence-corrected chi connectivity index (χ2v) is 6.54. The Morgan fingerprint density at radius 3 is 2.29 bits per heavy atom. The van der Waals surface area contributed by atoms with Crippen molar-refractivity contribution in [2.75, 3.05) is 43.4 Å². The number of nitrogens with one attached hydrogen (secondary N) is 2. The Kier molecular flexibility index (Phi) is 5.67. The first-order chi connectivity index (χ1) is 11.7. The first kappa shape index (κ1) is 16.7. The van der Waals surface area contributed by atoms with Gasteiger partial charge in [0.1, 0.15) is 0 Å². The number of hydrogen-bond donors (Lipinski definition) is 2. The summed E-state index contributed by atoms with van der Waals surface area (Å²) in [6, 6.07) is 18.7. The molecule has 0 aromatic heterocycles. The normalized spacial score (nSPS) is 15.1. The second kappa shape index (κ2) is 8.13. The molecule has 1 saturated heterocycles. The number of likely N-dealkylation sites (N-methyl/N-ethyl adjacent to an activating group) is 1. The zero-order valence-electron chi connectivity index (χ0n) is 14.0. The minimum Gasteiger partial charge on any atom is -0.369 e. The van der Waals surface area contributed by atoms with Crippen molar-refractivity contribution in [2.45, 2.75) is 6.54 Å². The Labute approximate surface area is 149 Å². The van der Waals surface area contributed by atoms with Gasteiger partial charge in [0.15, 0.2) is 5.11 Å². The molecule has 0 bridgehead atoms. The van der Waals surface area contributed by atoms with Crippen molar-refractivity contribution in [2.24, 2.45) is 0 Å². The Morgan fingerprint density at radius 1 is 0.958 bits per heavy atom. The van der Waals surface area contributed by atoms with Gasteiger partial charge in [-0.2, -0.15) is 0 Å². The molecule has 126 valence electrons. The van der Waals surface area contributed by atoms with Crippen molar-refractivity contribution in [1.82, 2.24) is 10.2 Å². The van der Waals surface area contributed by atoms with Crippen LogP contribution in [0.3, 0.4) is 0 Å². The Hall–Kier alpha value is -2.11. The average Bonchev–Trinajstić information content (AvgIpc) is 2.62. The molecular formula is C19H24N4S. The molecule has 3 rings (SSSR count). The fraction of sp³-hybridized carbons (Fsp3) is 0.316. The molecule has 1 fully saturated rings. The fourth-order valence-corrected chi connectivity index (χ4v) is 2.96. The van der Waals surface area contributed by atoms with Crippen LogP contribution >= 0.6 is 12.2 Å². The van der Waals surface area contributed by atoms with Crippen molar-refractivity contribution in [3.63, 3.8) is 0 Å². The minimum atomic E-state index is 0.643. The number of nitrogens with zero attached hydrogens (tertiary/aromatic N) is 2. The molecule has 0 amide bonds. The number of piperazine rings is 1. The van der Waals surface area contributed by atoms with E-state index in [2.05, 4.69) is 51.7 Å². The van der Waals surface area contributed by atoms with Gasteiger partial charge in [0.05, 0.1) is 0 Å². The summed E-state index contributed by atoms with van der Waals surface area (Å²) >= 11 is 5.34. The SMILES string of the molecule is CN1CCN(c2ccc(CNC(=S)Nc3ccccc3)cc2)CC1. The fourth-order valence-electron chi connectivity index (χ4n) is 2.77. The Balaban J connectivity index is 1.48. The first-order valence-corrected chi connectivity index (χ1v) is 8.74. The molecule has 0 spiro atoms. The molecule has 0 saturated carbocycles. The topological polar surface area (TPSA) is 30.5 Å². The summed E-state index contributed by atoms with van der Waals surface area (Å²) in [4.78, 5) is 4.81. The second-order valence-electron chi connectivity index (χ2n) is 6.13. The van der Waals surface area contributed by atoms with Crippen LogP contribution in [-0.4, -0.2) is 43.2 Å². The molecule has 5 heteroatoms. The van der Waals surface area contributed by atoms with Crippen molar-refractivity contribution >= 4 is 28.7 Å². The van der Waals surface area contributed by atoms with Gasteiger partial charge in [-0.25, -0.2) is 0 Å². The van der Waals surface area contributed by atoms with Crippen LogP contribution in [0.4, 0.5) is 11.4 Å². The van der Waals surface area contributed by atoms with E-state index < -0.39 is 0 Å². The molecule has 2 aromatic rings. The van der Waals surface area contributed by atoms with Gasteiger partial charge < -0.3 is 20.4 Å². The van der Waals surface area contributed by atoms with Gasteiger partial charge in [-0.1, -0.05) is 30.3 Å². The van der Waals surface area contributed by atoms with Crippen LogP contribution in [0.1, 0.15) is 5.56 Å². The van der Waals surface area contributed by atoms with Gasteiger partial charge in [0, 0.05) is 44.1 Å². The Morgan fingerprint density at radius 2 is 1.62 bits per heavy atom. The number of benzene rings is 2. The van der Waals surface area contributed by atoms with Crippen molar-refractivity contribution in [3.05, 3.63) is 60.2 Å². The number of anilines is 2. The first-order valence-electron chi connectivity index (χ1n) is 8.33. The van der Waals surface area contributed by atoms with Crippen molar-refractivity contribution < 1.29 is 0 Å². The predicted octanol–water partition coefficient (Wildman–Crippen LogP) is 2.93. The van der Waals surface area contributed by atoms with Gasteiger partial charge >= 0.3 is 0 Å². The molecule has 1 aliphatic rings. The van der Waals surface area contributed by atoms with E-state index in [4.69, 9.17) is 12.2 Å². The number of thiocarbonyl (C=S) groups is 1. The molecular weight excluding hydrogens is 316 g/mol. The number of hydrogen-bond acceptors (Lipinski definition) is 3. The monoisotopic (exact) mass is 340 g/mol. The lowest BCUT2D eigenvalue weighted by molar-refractivity contribution is 0.313. The summed E-state index contributed by atoms with van der Waals surface area (Å²) in [6.45, 7) is 5.17. The van der Waals surface area contributed by atoms with Crippen LogP contribution in [0, 0.1) is 0 Å². The highest BCUT2D eigenvalue weighted by molar-refractivity contribution is 7.80. The molecule has 4 nitrogen and oxygen atoms in total. The third kappa shape index (κ3) is 4.69. The third-order valence-electron chi connectivity index (χ3n) is 4.29. The van der Waals surface area contributed by atoms with Crippen LogP contribution < -0.4 is 15.5 Å². The molecule has 2 N–H and O–H groups in total. The molecule has 1 heterocycles. The van der Waals surface area contributed by atoms with E-state index in [-0.39, 0.29) is 0 Å². The van der Waals surface area contributed by atoms with Gasteiger partial charge in [-0.3, -0.25) is 0 Å². The molecule has 1 aliphatic heterocycles. The summed E-state index contributed by atoms with van der Waals surface area (Å²) in [7, 11) is 2.18. The molecule has 0 aliphatic carbocycles. The zero-order valence-corrected chi connectivity index (χ0v) is 14.9. The highest BCUT2D eigenvalue weighted by Crippen LogP contribution is 2.17. The van der Waals surface area contributed by atoms with E-state index in [1.807, 2.05) is 30.3 Å². The maximum absolute atomic E-state index is 5.34. The number of para-hydroxylation sites is 1. The van der Waals surface area contributed by atoms with Crippen molar-refractivity contribution in [1.29, 1.82) is 0 Å². The maximum Gasteiger partial charge on any atom is 0.171 e. The van der Waals surface area contributed by atoms with Crippen LogP contribution in [0.5, 0.6) is 0 Å². The van der Waals surface area contributed by atoms with Gasteiger partial charge in [0.25, 0.3) is 0 Å². The molecule has 24 heavy (non-hydrogen) atoms. The summed E-state index contributed by atoms with van der Waals surface area (Å²) in [6.07, 6.45) is 0. The highest BCUT2D eigenvalue weighted by Gasteiger charge is 2.13. The van der Waals surface area contributed by atoms with E-state index in [0.29, 0.717) is 5.11 Å². The van der Waals surface area contributed by atoms with Crippen LogP contribution in [-0.2, 0) is 6.54 Å². The molecule has 2 aromatic carbocycles. The minimum absolute atomic E-state index is 0.643. The van der Waals surface area contributed by atoms with E-state index in [1.165, 1.54) is 11.3 Å². The highest BCUT2D eigenvalue weighted by atomic mass is 32.1. The van der Waals surface area contributed by atoms with E-state index in [0.717, 1.165) is 38.4 Å². The largest absolute Gasteiger partial charge is 0.369 e. The lowest BCUT2D eigenvalue weighted by atomic mass is 10.2. The summed E-state index contributed by atoms with van der Waals surface area (Å²) in [5.74, 6) is 0. The smallest absolute Gasteiger partial charge is 0.171 e. The molecule has 0 atom stereocenters. The summed E-state index contributed by atoms with van der Waals surface area (Å²) in [5.41, 5.74) is 3.53. The van der Waals surface area contributed by atoms with Gasteiger partial charge in [-0.15, -0.1) is 0 Å². The third-order valence-corrected chi connectivity index (χ3v) is 4.54. The maximum atomic E-state index is 5.34. The van der Waals surface area contributed by atoms with E-state index >= 15 is 0 Å². The van der Waals surface area contributed by atoms with Crippen LogP contribution in [0.15, 0.2) is 54.6 Å². The average molecular weight is 340 g/mol. The summed E-state index contributed by atoms with van der Waals surface area (Å²) in [5, 5.41) is 7.08. The lowest BCUT2D eigenvalue weighted by Gasteiger charge is -2.34. The van der Waals surface area contributed by atoms with E-state index in [9.17, 15) is 0 Å². The molecule has 0 radical (unpaired) electrons. The van der Waals surface area contributed by atoms with Crippen molar-refractivity contribution in [3.8, 4) is 0 Å². The van der Waals surface area contributed by atoms with Crippen LogP contribution in [0.25, 0.3) is 0 Å². The standard InChI is InChI=1S/C19H24N4S/c1-22-11-13-23(14-12-22)18-9-7-16(8-10-18)15-20-19(24)21-17-5-3-2-4-6-17/h2-10H,11-15H2,1H3,(H2,20,21,24). The zero-order chi connectivity index (χ0) is 16.8. The van der Waals surface area contributed by atoms with Gasteiger partial charge in [0.2, 0.25) is 0 Å². The van der Waals surface area contributed by atoms with E-state index in [1.54, 1.807) is 0 Å². The van der Waals surface area contributed by atoms with Gasteiger partial charge in [-0.05, 0) is 49.1 Å². The summed E-state index contributed by atoms with van der Waals surface area (Å²) < 4.78 is 0. The lowest BCUT2D eigenvalue weighted by Crippen LogP contribution is -2.44. The quantitative estimate of drug-likeness (QED) is 0.836. The predicted molar refractivity (Wildman–Crippen MR) is 106 cm³/mol. The number of rotatable bonds is 4.